The lowest BCUT2D eigenvalue weighted by Gasteiger charge is -2.42. The molecule has 6 heteroatoms. The molecular formula is C21H45NO3Si2. The monoisotopic (exact) mass is 415 g/mol. The molecule has 0 aromatic carbocycles. The molecule has 0 spiro atoms. The SMILES string of the molecule is CC(C)CC1=NO[C@@H]([C@@H](CO[Si](C)(C)C(C)(C)C)O[Si](C)(C)C(C)(C)C)C1. The van der Waals surface area contributed by atoms with E-state index in [1.807, 2.05) is 0 Å². The van der Waals surface area contributed by atoms with E-state index in [-0.39, 0.29) is 22.3 Å². The molecule has 1 aliphatic rings. The highest BCUT2D eigenvalue weighted by molar-refractivity contribution is 6.74. The summed E-state index contributed by atoms with van der Waals surface area (Å²) in [6, 6.07) is 0. The molecule has 0 saturated carbocycles. The third kappa shape index (κ3) is 6.98. The predicted octanol–water partition coefficient (Wildman–Crippen LogP) is 6.59. The molecule has 27 heavy (non-hydrogen) atoms. The Morgan fingerprint density at radius 1 is 1.00 bits per heavy atom. The molecule has 0 N–H and O–H groups in total. The molecule has 0 radical (unpaired) electrons. The molecule has 160 valence electrons. The zero-order valence-electron chi connectivity index (χ0n) is 20.0. The van der Waals surface area contributed by atoms with Crippen LogP contribution in [0.25, 0.3) is 0 Å². The van der Waals surface area contributed by atoms with Crippen molar-refractivity contribution in [1.29, 1.82) is 0 Å². The van der Waals surface area contributed by atoms with Crippen LogP contribution in [0.4, 0.5) is 0 Å². The average molecular weight is 416 g/mol. The van der Waals surface area contributed by atoms with Crippen LogP contribution in [0.2, 0.25) is 36.3 Å². The van der Waals surface area contributed by atoms with Crippen LogP contribution < -0.4 is 0 Å². The van der Waals surface area contributed by atoms with Gasteiger partial charge in [-0.3, -0.25) is 0 Å². The summed E-state index contributed by atoms with van der Waals surface area (Å²) in [6.07, 6.45) is 1.76. The normalized spacial score (nSPS) is 20.6. The standard InChI is InChI=1S/C21H45NO3Si2/c1-16(2)13-17-14-18(24-22-17)19(25-27(11,12)21(6,7)8)15-23-26(9,10)20(3,4)5/h16,18-19H,13-15H2,1-12H3/t18-,19-/m1/s1. The summed E-state index contributed by atoms with van der Waals surface area (Å²) in [5, 5.41) is 4.71. The maximum atomic E-state index is 6.79. The van der Waals surface area contributed by atoms with Crippen molar-refractivity contribution in [2.75, 3.05) is 6.61 Å². The van der Waals surface area contributed by atoms with Crippen molar-refractivity contribution in [1.82, 2.24) is 0 Å². The Morgan fingerprint density at radius 3 is 1.96 bits per heavy atom. The minimum atomic E-state index is -1.93. The van der Waals surface area contributed by atoms with Gasteiger partial charge >= 0.3 is 0 Å². The van der Waals surface area contributed by atoms with E-state index in [1.165, 1.54) is 0 Å². The molecule has 0 aromatic rings. The zero-order valence-corrected chi connectivity index (χ0v) is 22.0. The van der Waals surface area contributed by atoms with Crippen LogP contribution in [0.1, 0.15) is 68.2 Å². The van der Waals surface area contributed by atoms with Crippen molar-refractivity contribution in [3.8, 4) is 0 Å². The van der Waals surface area contributed by atoms with Gasteiger partial charge in [0.05, 0.1) is 12.3 Å². The van der Waals surface area contributed by atoms with Gasteiger partial charge in [-0.2, -0.15) is 0 Å². The smallest absolute Gasteiger partial charge is 0.192 e. The molecule has 0 saturated heterocycles. The van der Waals surface area contributed by atoms with E-state index in [9.17, 15) is 0 Å². The van der Waals surface area contributed by atoms with Gasteiger partial charge in [-0.1, -0.05) is 60.5 Å². The second-order valence-corrected chi connectivity index (χ2v) is 21.2. The quantitative estimate of drug-likeness (QED) is 0.420. The highest BCUT2D eigenvalue weighted by Gasteiger charge is 2.44. The Bertz CT molecular complexity index is 517. The van der Waals surface area contributed by atoms with Crippen LogP contribution in [0.5, 0.6) is 0 Å². The van der Waals surface area contributed by atoms with Crippen molar-refractivity contribution in [2.45, 2.75) is 117 Å². The third-order valence-corrected chi connectivity index (χ3v) is 15.5. The van der Waals surface area contributed by atoms with E-state index in [1.54, 1.807) is 0 Å². The summed E-state index contributed by atoms with van der Waals surface area (Å²) in [6.45, 7) is 27.9. The third-order valence-electron chi connectivity index (χ3n) is 6.48. The van der Waals surface area contributed by atoms with Crippen molar-refractivity contribution in [2.24, 2.45) is 11.1 Å². The number of hydrogen-bond acceptors (Lipinski definition) is 4. The van der Waals surface area contributed by atoms with Gasteiger partial charge in [-0.15, -0.1) is 0 Å². The Balaban J connectivity index is 2.92. The molecule has 0 aromatic heterocycles. The Hall–Kier alpha value is -0.176. The summed E-state index contributed by atoms with van der Waals surface area (Å²) >= 11 is 0. The fraction of sp³-hybridized carbons (Fsp3) is 0.952. The molecule has 1 heterocycles. The van der Waals surface area contributed by atoms with Gasteiger partial charge in [0.1, 0.15) is 6.10 Å². The molecule has 0 unspecified atom stereocenters. The van der Waals surface area contributed by atoms with E-state index in [4.69, 9.17) is 13.7 Å². The maximum Gasteiger partial charge on any atom is 0.192 e. The van der Waals surface area contributed by atoms with Crippen LogP contribution in [0.15, 0.2) is 5.16 Å². The number of nitrogens with zero attached hydrogens (tertiary/aromatic N) is 1. The number of rotatable bonds is 8. The summed E-state index contributed by atoms with van der Waals surface area (Å²) in [5.74, 6) is 0.592. The first kappa shape index (κ1) is 24.9. The molecule has 0 aliphatic carbocycles. The Morgan fingerprint density at radius 2 is 1.52 bits per heavy atom. The molecule has 0 bridgehead atoms. The molecule has 4 nitrogen and oxygen atoms in total. The molecule has 2 atom stereocenters. The number of hydrogen-bond donors (Lipinski definition) is 0. The Kier molecular flexibility index (Phi) is 7.99. The van der Waals surface area contributed by atoms with Crippen LogP contribution in [0, 0.1) is 5.92 Å². The second kappa shape index (κ2) is 8.68. The largest absolute Gasteiger partial charge is 0.414 e. The first-order chi connectivity index (χ1) is 12.0. The van der Waals surface area contributed by atoms with Crippen molar-refractivity contribution >= 4 is 22.3 Å². The van der Waals surface area contributed by atoms with Crippen molar-refractivity contribution in [3.63, 3.8) is 0 Å². The average Bonchev–Trinajstić information content (AvgIpc) is 2.88. The lowest BCUT2D eigenvalue weighted by Crippen LogP contribution is -2.51. The molecule has 0 fully saturated rings. The van der Waals surface area contributed by atoms with Gasteiger partial charge in [0.2, 0.25) is 0 Å². The van der Waals surface area contributed by atoms with E-state index in [2.05, 4.69) is 86.7 Å². The van der Waals surface area contributed by atoms with E-state index in [0.29, 0.717) is 12.5 Å². The van der Waals surface area contributed by atoms with E-state index >= 15 is 0 Å². The topological polar surface area (TPSA) is 40.0 Å². The molecule has 0 amide bonds. The van der Waals surface area contributed by atoms with Gasteiger partial charge in [-0.25, -0.2) is 0 Å². The highest BCUT2D eigenvalue weighted by atomic mass is 28.4. The van der Waals surface area contributed by atoms with Crippen LogP contribution >= 0.6 is 0 Å². The number of oxime groups is 1. The van der Waals surface area contributed by atoms with E-state index in [0.717, 1.165) is 18.6 Å². The van der Waals surface area contributed by atoms with Gasteiger partial charge in [0.25, 0.3) is 0 Å². The first-order valence-electron chi connectivity index (χ1n) is 10.5. The maximum absolute atomic E-state index is 6.79. The summed E-state index contributed by atoms with van der Waals surface area (Å²) < 4.78 is 13.3. The first-order valence-corrected chi connectivity index (χ1v) is 16.3. The summed E-state index contributed by atoms with van der Waals surface area (Å²) in [5.41, 5.74) is 1.16. The molecule has 1 rings (SSSR count). The molecular weight excluding hydrogens is 370 g/mol. The summed E-state index contributed by atoms with van der Waals surface area (Å²) in [4.78, 5) is 5.86. The fourth-order valence-electron chi connectivity index (χ4n) is 2.52. The fourth-order valence-corrected chi connectivity index (χ4v) is 4.86. The minimum Gasteiger partial charge on any atom is -0.414 e. The van der Waals surface area contributed by atoms with Gasteiger partial charge in [0, 0.05) is 6.42 Å². The van der Waals surface area contributed by atoms with Crippen LogP contribution in [0.3, 0.4) is 0 Å². The predicted molar refractivity (Wildman–Crippen MR) is 122 cm³/mol. The zero-order chi connectivity index (χ0) is 21.3. The van der Waals surface area contributed by atoms with Crippen LogP contribution in [-0.4, -0.2) is 41.2 Å². The van der Waals surface area contributed by atoms with Gasteiger partial charge < -0.3 is 13.7 Å². The van der Waals surface area contributed by atoms with Gasteiger partial charge in [0.15, 0.2) is 22.7 Å². The lowest BCUT2D eigenvalue weighted by molar-refractivity contribution is -0.0316. The summed E-state index contributed by atoms with van der Waals surface area (Å²) in [7, 11) is -3.77. The Labute approximate surface area is 170 Å². The molecule has 1 aliphatic heterocycles. The van der Waals surface area contributed by atoms with Crippen LogP contribution in [-0.2, 0) is 13.7 Å². The second-order valence-electron chi connectivity index (χ2n) is 11.6. The highest BCUT2D eigenvalue weighted by Crippen LogP contribution is 2.40. The van der Waals surface area contributed by atoms with Gasteiger partial charge in [-0.05, 0) is 48.6 Å². The minimum absolute atomic E-state index is 0.0300. The van der Waals surface area contributed by atoms with Crippen molar-refractivity contribution < 1.29 is 13.7 Å². The lowest BCUT2D eigenvalue weighted by atomic mass is 10.0. The van der Waals surface area contributed by atoms with Crippen molar-refractivity contribution in [3.05, 3.63) is 0 Å². The van der Waals surface area contributed by atoms with E-state index < -0.39 is 16.6 Å².